The summed E-state index contributed by atoms with van der Waals surface area (Å²) in [6.07, 6.45) is 5.76. The molecule has 0 radical (unpaired) electrons. The number of methoxy groups -OCH3 is 1. The minimum Gasteiger partial charge on any atom is -0.496 e. The quantitative estimate of drug-likeness (QED) is 0.712. The Morgan fingerprint density at radius 2 is 2.00 bits per heavy atom. The van der Waals surface area contributed by atoms with E-state index in [1.54, 1.807) is 7.11 Å². The summed E-state index contributed by atoms with van der Waals surface area (Å²) < 4.78 is 5.47. The van der Waals surface area contributed by atoms with Crippen LogP contribution in [0.1, 0.15) is 37.2 Å². The molecule has 1 aromatic rings. The van der Waals surface area contributed by atoms with Crippen molar-refractivity contribution in [3.05, 3.63) is 29.8 Å². The third kappa shape index (κ3) is 1.45. The molecule has 80 valence electrons. The Labute approximate surface area is 91.5 Å². The number of para-hydroxylation sites is 1. The predicted octanol–water partition coefficient (Wildman–Crippen LogP) is 3.60. The summed E-state index contributed by atoms with van der Waals surface area (Å²) >= 11 is 0. The fourth-order valence-electron chi connectivity index (χ4n) is 3.60. The van der Waals surface area contributed by atoms with Crippen molar-refractivity contribution >= 4 is 0 Å². The highest BCUT2D eigenvalue weighted by Crippen LogP contribution is 2.54. The van der Waals surface area contributed by atoms with Crippen LogP contribution in [0.15, 0.2) is 24.3 Å². The van der Waals surface area contributed by atoms with Crippen molar-refractivity contribution in [2.24, 2.45) is 11.8 Å². The van der Waals surface area contributed by atoms with Crippen LogP contribution < -0.4 is 4.74 Å². The highest BCUT2D eigenvalue weighted by Gasteiger charge is 2.40. The smallest absolute Gasteiger partial charge is 0.122 e. The third-order valence-electron chi connectivity index (χ3n) is 4.28. The molecule has 2 aliphatic carbocycles. The Balaban J connectivity index is 1.92. The van der Waals surface area contributed by atoms with E-state index in [2.05, 4.69) is 24.3 Å². The first kappa shape index (κ1) is 9.26. The maximum atomic E-state index is 5.47. The predicted molar refractivity (Wildman–Crippen MR) is 61.2 cm³/mol. The fraction of sp³-hybridized carbons (Fsp3) is 0.571. The molecule has 15 heavy (non-hydrogen) atoms. The van der Waals surface area contributed by atoms with E-state index in [-0.39, 0.29) is 0 Å². The van der Waals surface area contributed by atoms with Crippen molar-refractivity contribution in [1.29, 1.82) is 0 Å². The standard InChI is InChI=1S/C14H18O/c1-15-14-5-3-2-4-12(14)13-9-10-6-7-11(13)8-10/h2-5,10-11,13H,6-9H2,1H3. The monoisotopic (exact) mass is 202 g/mol. The number of rotatable bonds is 2. The van der Waals surface area contributed by atoms with Gasteiger partial charge in [-0.1, -0.05) is 24.6 Å². The zero-order valence-electron chi connectivity index (χ0n) is 9.28. The molecular weight excluding hydrogens is 184 g/mol. The molecule has 1 aromatic carbocycles. The van der Waals surface area contributed by atoms with E-state index in [0.717, 1.165) is 23.5 Å². The maximum absolute atomic E-state index is 5.47. The third-order valence-corrected chi connectivity index (χ3v) is 4.28. The van der Waals surface area contributed by atoms with Gasteiger partial charge in [0.25, 0.3) is 0 Å². The molecule has 2 saturated carbocycles. The van der Waals surface area contributed by atoms with E-state index in [4.69, 9.17) is 4.74 Å². The van der Waals surface area contributed by atoms with Gasteiger partial charge in [0, 0.05) is 0 Å². The van der Waals surface area contributed by atoms with Crippen molar-refractivity contribution in [3.8, 4) is 5.75 Å². The van der Waals surface area contributed by atoms with Crippen LogP contribution >= 0.6 is 0 Å². The lowest BCUT2D eigenvalue weighted by atomic mass is 9.83. The Bertz CT molecular complexity index is 358. The zero-order valence-corrected chi connectivity index (χ0v) is 9.28. The van der Waals surface area contributed by atoms with Gasteiger partial charge in [0.2, 0.25) is 0 Å². The van der Waals surface area contributed by atoms with E-state index in [9.17, 15) is 0 Å². The minimum absolute atomic E-state index is 0.778. The molecule has 3 atom stereocenters. The van der Waals surface area contributed by atoms with Gasteiger partial charge in [-0.15, -0.1) is 0 Å². The normalized spacial score (nSPS) is 33.3. The summed E-state index contributed by atoms with van der Waals surface area (Å²) in [5.74, 6) is 3.81. The van der Waals surface area contributed by atoms with Crippen molar-refractivity contribution in [2.45, 2.75) is 31.6 Å². The molecule has 3 unspecified atom stereocenters. The summed E-state index contributed by atoms with van der Waals surface area (Å²) in [5, 5.41) is 0. The summed E-state index contributed by atoms with van der Waals surface area (Å²) in [7, 11) is 1.78. The second kappa shape index (κ2) is 3.55. The van der Waals surface area contributed by atoms with Gasteiger partial charge in [0.15, 0.2) is 0 Å². The van der Waals surface area contributed by atoms with Gasteiger partial charge in [-0.2, -0.15) is 0 Å². The number of hydrogen-bond acceptors (Lipinski definition) is 1. The Hall–Kier alpha value is -0.980. The molecule has 0 heterocycles. The van der Waals surface area contributed by atoms with Crippen molar-refractivity contribution in [2.75, 3.05) is 7.11 Å². The molecule has 2 bridgehead atoms. The first-order valence-corrected chi connectivity index (χ1v) is 6.01. The van der Waals surface area contributed by atoms with Gasteiger partial charge in [-0.05, 0) is 48.6 Å². The van der Waals surface area contributed by atoms with Gasteiger partial charge in [-0.25, -0.2) is 0 Å². The second-order valence-electron chi connectivity index (χ2n) is 5.02. The summed E-state index contributed by atoms with van der Waals surface area (Å²) in [6.45, 7) is 0. The van der Waals surface area contributed by atoms with Gasteiger partial charge in [0.1, 0.15) is 5.75 Å². The Morgan fingerprint density at radius 3 is 2.67 bits per heavy atom. The highest BCUT2D eigenvalue weighted by atomic mass is 16.5. The first-order chi connectivity index (χ1) is 7.38. The fourth-order valence-corrected chi connectivity index (χ4v) is 3.60. The van der Waals surface area contributed by atoms with Crippen LogP contribution in [-0.4, -0.2) is 7.11 Å². The lowest BCUT2D eigenvalue weighted by molar-refractivity contribution is 0.378. The average Bonchev–Trinajstić information content (AvgIpc) is 2.90. The van der Waals surface area contributed by atoms with Crippen molar-refractivity contribution < 1.29 is 4.74 Å². The van der Waals surface area contributed by atoms with Crippen LogP contribution in [0, 0.1) is 11.8 Å². The van der Waals surface area contributed by atoms with Crippen LogP contribution in [0.4, 0.5) is 0 Å². The second-order valence-corrected chi connectivity index (χ2v) is 5.02. The molecule has 1 heteroatoms. The molecule has 1 nitrogen and oxygen atoms in total. The molecule has 0 aromatic heterocycles. The van der Waals surface area contributed by atoms with Gasteiger partial charge < -0.3 is 4.74 Å². The number of benzene rings is 1. The lowest BCUT2D eigenvalue weighted by Crippen LogP contribution is -2.09. The first-order valence-electron chi connectivity index (χ1n) is 6.01. The topological polar surface area (TPSA) is 9.23 Å². The molecule has 2 aliphatic rings. The van der Waals surface area contributed by atoms with Crippen molar-refractivity contribution in [3.63, 3.8) is 0 Å². The Morgan fingerprint density at radius 1 is 1.13 bits per heavy atom. The maximum Gasteiger partial charge on any atom is 0.122 e. The average molecular weight is 202 g/mol. The highest BCUT2D eigenvalue weighted by molar-refractivity contribution is 5.37. The SMILES string of the molecule is COc1ccccc1C1CC2CCC1C2. The summed E-state index contributed by atoms with van der Waals surface area (Å²) in [5.41, 5.74) is 1.45. The van der Waals surface area contributed by atoms with Crippen LogP contribution in [0.2, 0.25) is 0 Å². The van der Waals surface area contributed by atoms with E-state index >= 15 is 0 Å². The van der Waals surface area contributed by atoms with Crippen molar-refractivity contribution in [1.82, 2.24) is 0 Å². The lowest BCUT2D eigenvalue weighted by Gasteiger charge is -2.23. The molecule has 0 aliphatic heterocycles. The molecule has 0 amide bonds. The largest absolute Gasteiger partial charge is 0.496 e. The number of hydrogen-bond donors (Lipinski definition) is 0. The molecule has 0 N–H and O–H groups in total. The van der Waals surface area contributed by atoms with Gasteiger partial charge in [0.05, 0.1) is 7.11 Å². The zero-order chi connectivity index (χ0) is 10.3. The molecule has 0 spiro atoms. The summed E-state index contributed by atoms with van der Waals surface area (Å²) in [6, 6.07) is 8.56. The molecule has 2 fully saturated rings. The van der Waals surface area contributed by atoms with Gasteiger partial charge in [-0.3, -0.25) is 0 Å². The minimum atomic E-state index is 0.778. The van der Waals surface area contributed by atoms with Crippen LogP contribution in [0.5, 0.6) is 5.75 Å². The van der Waals surface area contributed by atoms with Gasteiger partial charge >= 0.3 is 0 Å². The Kier molecular flexibility index (Phi) is 2.19. The van der Waals surface area contributed by atoms with Crippen LogP contribution in [0.3, 0.4) is 0 Å². The summed E-state index contributed by atoms with van der Waals surface area (Å²) in [4.78, 5) is 0. The molecule has 0 saturated heterocycles. The number of fused-ring (bicyclic) bond motifs is 2. The van der Waals surface area contributed by atoms with Crippen LogP contribution in [0.25, 0.3) is 0 Å². The van der Waals surface area contributed by atoms with E-state index in [1.165, 1.54) is 31.2 Å². The van der Waals surface area contributed by atoms with E-state index < -0.39 is 0 Å². The van der Waals surface area contributed by atoms with E-state index in [0.29, 0.717) is 0 Å². The molecule has 3 rings (SSSR count). The molecular formula is C14H18O. The van der Waals surface area contributed by atoms with Crippen LogP contribution in [-0.2, 0) is 0 Å². The van der Waals surface area contributed by atoms with E-state index in [1.807, 2.05) is 0 Å². The number of ether oxygens (including phenoxy) is 1.